The number of methoxy groups -OCH3 is 1. The molecule has 1 saturated carbocycles. The van der Waals surface area contributed by atoms with Gasteiger partial charge in [0, 0.05) is 18.7 Å². The van der Waals surface area contributed by atoms with Crippen molar-refractivity contribution in [2.24, 2.45) is 0 Å². The Hall–Kier alpha value is -2.08. The molecule has 1 aromatic carbocycles. The maximum Gasteiger partial charge on any atom is 0.258 e. The minimum atomic E-state index is -0.444. The number of aromatic nitrogens is 2. The lowest BCUT2D eigenvalue weighted by atomic mass is 9.79. The zero-order valence-electron chi connectivity index (χ0n) is 10.5. The van der Waals surface area contributed by atoms with Gasteiger partial charge in [0.1, 0.15) is 17.1 Å². The second kappa shape index (κ2) is 4.24. The predicted molar refractivity (Wildman–Crippen MR) is 65.6 cm³/mol. The quantitative estimate of drug-likeness (QED) is 0.881. The smallest absolute Gasteiger partial charge is 0.258 e. The van der Waals surface area contributed by atoms with Crippen LogP contribution in [0.2, 0.25) is 0 Å². The highest BCUT2D eigenvalue weighted by Gasteiger charge is 2.43. The fraction of sp³-hybridized carbons (Fsp3) is 0.385. The Morgan fingerprint density at radius 1 is 1.21 bits per heavy atom. The molecule has 1 aliphatic rings. The number of phenols is 2. The molecule has 0 aliphatic heterocycles. The Morgan fingerprint density at radius 3 is 2.42 bits per heavy atom. The first kappa shape index (κ1) is 12.0. The molecule has 1 heterocycles. The zero-order valence-corrected chi connectivity index (χ0v) is 10.5. The molecule has 0 unspecified atom stereocenters. The van der Waals surface area contributed by atoms with Gasteiger partial charge in [-0.2, -0.15) is 4.98 Å². The third kappa shape index (κ3) is 1.94. The van der Waals surface area contributed by atoms with Crippen molar-refractivity contribution >= 4 is 0 Å². The highest BCUT2D eigenvalue weighted by atomic mass is 16.5. The van der Waals surface area contributed by atoms with Crippen LogP contribution in [0.4, 0.5) is 0 Å². The summed E-state index contributed by atoms with van der Waals surface area (Å²) in [5, 5.41) is 22.8. The molecule has 1 aromatic heterocycles. The third-order valence-electron chi connectivity index (χ3n) is 3.53. The molecule has 6 nitrogen and oxygen atoms in total. The van der Waals surface area contributed by atoms with E-state index in [1.807, 2.05) is 0 Å². The van der Waals surface area contributed by atoms with Crippen molar-refractivity contribution in [3.63, 3.8) is 0 Å². The molecule has 0 amide bonds. The van der Waals surface area contributed by atoms with E-state index < -0.39 is 5.60 Å². The summed E-state index contributed by atoms with van der Waals surface area (Å²) in [6, 6.07) is 4.15. The number of phenolic OH excluding ortho intramolecular Hbond substituents is 2. The van der Waals surface area contributed by atoms with Gasteiger partial charge in [0.05, 0.1) is 0 Å². The first-order valence-corrected chi connectivity index (χ1v) is 6.06. The fourth-order valence-electron chi connectivity index (χ4n) is 2.26. The summed E-state index contributed by atoms with van der Waals surface area (Å²) in [6.07, 6.45) is 2.81. The van der Waals surface area contributed by atoms with E-state index in [4.69, 9.17) is 9.26 Å². The first-order valence-electron chi connectivity index (χ1n) is 6.06. The molecule has 0 atom stereocenters. The van der Waals surface area contributed by atoms with Crippen molar-refractivity contribution in [3.8, 4) is 23.0 Å². The van der Waals surface area contributed by atoms with E-state index in [-0.39, 0.29) is 17.4 Å². The van der Waals surface area contributed by atoms with Crippen molar-refractivity contribution in [2.45, 2.75) is 24.9 Å². The summed E-state index contributed by atoms with van der Waals surface area (Å²) in [4.78, 5) is 4.30. The van der Waals surface area contributed by atoms with Crippen molar-refractivity contribution in [1.82, 2.24) is 10.1 Å². The van der Waals surface area contributed by atoms with Crippen molar-refractivity contribution in [3.05, 3.63) is 24.0 Å². The van der Waals surface area contributed by atoms with Crippen molar-refractivity contribution in [1.29, 1.82) is 0 Å². The molecule has 100 valence electrons. The molecule has 6 heteroatoms. The standard InChI is InChI=1S/C13H14N2O4/c1-18-13(3-2-4-13)12-14-11(19-15-12)8-5-9(16)7-10(17)6-8/h5-7,16-17H,2-4H2,1H3. The van der Waals surface area contributed by atoms with E-state index in [0.717, 1.165) is 19.3 Å². The number of benzene rings is 1. The van der Waals surface area contributed by atoms with E-state index in [1.165, 1.54) is 18.2 Å². The van der Waals surface area contributed by atoms with Gasteiger partial charge in [-0.15, -0.1) is 0 Å². The molecule has 1 aliphatic carbocycles. The lowest BCUT2D eigenvalue weighted by molar-refractivity contribution is -0.0858. The fourth-order valence-corrected chi connectivity index (χ4v) is 2.26. The van der Waals surface area contributed by atoms with Gasteiger partial charge < -0.3 is 19.5 Å². The maximum atomic E-state index is 9.45. The largest absolute Gasteiger partial charge is 0.508 e. The topological polar surface area (TPSA) is 88.6 Å². The Morgan fingerprint density at radius 2 is 1.89 bits per heavy atom. The molecular formula is C13H14N2O4. The number of aromatic hydroxyl groups is 2. The molecule has 1 fully saturated rings. The predicted octanol–water partition coefficient (Wildman–Crippen LogP) is 2.17. The number of hydrogen-bond acceptors (Lipinski definition) is 6. The van der Waals surface area contributed by atoms with Crippen molar-refractivity contribution in [2.75, 3.05) is 7.11 Å². The average Bonchev–Trinajstić information content (AvgIpc) is 2.77. The number of hydrogen-bond donors (Lipinski definition) is 2. The van der Waals surface area contributed by atoms with Gasteiger partial charge in [-0.05, 0) is 31.4 Å². The van der Waals surface area contributed by atoms with Crippen LogP contribution in [0, 0.1) is 0 Å². The van der Waals surface area contributed by atoms with Crippen LogP contribution in [0.3, 0.4) is 0 Å². The molecule has 2 N–H and O–H groups in total. The van der Waals surface area contributed by atoms with Crippen LogP contribution in [-0.4, -0.2) is 27.5 Å². The van der Waals surface area contributed by atoms with Crippen molar-refractivity contribution < 1.29 is 19.5 Å². The Balaban J connectivity index is 1.97. The van der Waals surface area contributed by atoms with Crippen LogP contribution < -0.4 is 0 Å². The lowest BCUT2D eigenvalue weighted by Gasteiger charge is -2.37. The molecule has 0 saturated heterocycles. The zero-order chi connectivity index (χ0) is 13.5. The van der Waals surface area contributed by atoms with Crippen LogP contribution in [0.25, 0.3) is 11.5 Å². The van der Waals surface area contributed by atoms with E-state index >= 15 is 0 Å². The molecule has 19 heavy (non-hydrogen) atoms. The Bertz CT molecular complexity index is 579. The minimum Gasteiger partial charge on any atom is -0.508 e. The molecule has 0 bridgehead atoms. The van der Waals surface area contributed by atoms with E-state index in [2.05, 4.69) is 10.1 Å². The van der Waals surface area contributed by atoms with Crippen LogP contribution in [-0.2, 0) is 10.3 Å². The van der Waals surface area contributed by atoms with E-state index in [1.54, 1.807) is 7.11 Å². The second-order valence-electron chi connectivity index (χ2n) is 4.71. The third-order valence-corrected chi connectivity index (χ3v) is 3.53. The monoisotopic (exact) mass is 262 g/mol. The SMILES string of the molecule is COC1(c2noc(-c3cc(O)cc(O)c3)n2)CCC1. The molecular weight excluding hydrogens is 248 g/mol. The highest BCUT2D eigenvalue weighted by Crippen LogP contribution is 2.43. The summed E-state index contributed by atoms with van der Waals surface area (Å²) in [6.45, 7) is 0. The van der Waals surface area contributed by atoms with Crippen LogP contribution in [0.15, 0.2) is 22.7 Å². The Kier molecular flexibility index (Phi) is 2.67. The van der Waals surface area contributed by atoms with Gasteiger partial charge in [-0.25, -0.2) is 0 Å². The van der Waals surface area contributed by atoms with E-state index in [0.29, 0.717) is 11.4 Å². The summed E-state index contributed by atoms with van der Waals surface area (Å²) in [7, 11) is 1.63. The van der Waals surface area contributed by atoms with Crippen LogP contribution in [0.5, 0.6) is 11.5 Å². The molecule has 0 radical (unpaired) electrons. The highest BCUT2D eigenvalue weighted by molar-refractivity contribution is 5.58. The normalized spacial score (nSPS) is 17.1. The average molecular weight is 262 g/mol. The molecule has 3 rings (SSSR count). The van der Waals surface area contributed by atoms with Crippen LogP contribution in [0.1, 0.15) is 25.1 Å². The number of rotatable bonds is 3. The maximum absolute atomic E-state index is 9.45. The van der Waals surface area contributed by atoms with Gasteiger partial charge in [0.15, 0.2) is 0 Å². The number of ether oxygens (including phenoxy) is 1. The summed E-state index contributed by atoms with van der Waals surface area (Å²) in [5.74, 6) is 0.656. The van der Waals surface area contributed by atoms with Gasteiger partial charge in [-0.1, -0.05) is 5.16 Å². The molecule has 2 aromatic rings. The van der Waals surface area contributed by atoms with Gasteiger partial charge in [0.2, 0.25) is 5.82 Å². The van der Waals surface area contributed by atoms with Gasteiger partial charge >= 0.3 is 0 Å². The van der Waals surface area contributed by atoms with Gasteiger partial charge in [-0.3, -0.25) is 0 Å². The van der Waals surface area contributed by atoms with Gasteiger partial charge in [0.25, 0.3) is 5.89 Å². The molecule has 0 spiro atoms. The minimum absolute atomic E-state index is 0.0557. The number of nitrogens with zero attached hydrogens (tertiary/aromatic N) is 2. The summed E-state index contributed by atoms with van der Waals surface area (Å²) >= 11 is 0. The first-order chi connectivity index (χ1) is 9.13. The van der Waals surface area contributed by atoms with E-state index in [9.17, 15) is 10.2 Å². The lowest BCUT2D eigenvalue weighted by Crippen LogP contribution is -2.37. The summed E-state index contributed by atoms with van der Waals surface area (Å²) < 4.78 is 10.7. The Labute approximate surface area is 109 Å². The second-order valence-corrected chi connectivity index (χ2v) is 4.71. The van der Waals surface area contributed by atoms with Crippen LogP contribution >= 0.6 is 0 Å². The summed E-state index contributed by atoms with van der Waals surface area (Å²) in [5.41, 5.74) is 0.0301.